The van der Waals surface area contributed by atoms with Crippen molar-refractivity contribution in [3.05, 3.63) is 42.1 Å². The molecular formula is C15H19N3. The average Bonchev–Trinajstić information content (AvgIpc) is 2.86. The minimum absolute atomic E-state index is 0.672. The molecule has 1 unspecified atom stereocenters. The molecule has 3 nitrogen and oxygen atoms in total. The quantitative estimate of drug-likeness (QED) is 0.894. The van der Waals surface area contributed by atoms with Gasteiger partial charge in [0.2, 0.25) is 0 Å². The summed E-state index contributed by atoms with van der Waals surface area (Å²) in [6.45, 7) is 4.02. The maximum Gasteiger partial charge on any atom is 0.0705 e. The molecule has 1 saturated heterocycles. The molecule has 1 atom stereocenters. The highest BCUT2D eigenvalue weighted by atomic mass is 15.2. The molecule has 1 aromatic heterocycles. The standard InChI is InChI=1S/C15H19N3/c16-9-12-7-8-18(10-12)11-14-6-5-13-3-1-2-4-15(13)17-14/h1-6,12H,7-11,16H2. The molecule has 1 fully saturated rings. The maximum absolute atomic E-state index is 5.72. The van der Waals surface area contributed by atoms with E-state index in [0.29, 0.717) is 5.92 Å². The van der Waals surface area contributed by atoms with Gasteiger partial charge in [0.25, 0.3) is 0 Å². The van der Waals surface area contributed by atoms with E-state index < -0.39 is 0 Å². The lowest BCUT2D eigenvalue weighted by molar-refractivity contribution is 0.314. The van der Waals surface area contributed by atoms with Crippen molar-refractivity contribution in [2.45, 2.75) is 13.0 Å². The predicted octanol–water partition coefficient (Wildman–Crippen LogP) is 2.02. The predicted molar refractivity (Wildman–Crippen MR) is 74.2 cm³/mol. The average molecular weight is 241 g/mol. The van der Waals surface area contributed by atoms with Gasteiger partial charge < -0.3 is 5.73 Å². The van der Waals surface area contributed by atoms with Gasteiger partial charge in [-0.15, -0.1) is 0 Å². The van der Waals surface area contributed by atoms with Crippen molar-refractivity contribution in [2.75, 3.05) is 19.6 Å². The summed E-state index contributed by atoms with van der Waals surface area (Å²) < 4.78 is 0. The second-order valence-corrected chi connectivity index (χ2v) is 5.12. The number of hydrogen-bond acceptors (Lipinski definition) is 3. The van der Waals surface area contributed by atoms with Gasteiger partial charge in [0.15, 0.2) is 0 Å². The number of hydrogen-bond donors (Lipinski definition) is 1. The van der Waals surface area contributed by atoms with Crippen molar-refractivity contribution >= 4 is 10.9 Å². The summed E-state index contributed by atoms with van der Waals surface area (Å²) in [6.07, 6.45) is 1.23. The summed E-state index contributed by atoms with van der Waals surface area (Å²) in [7, 11) is 0. The lowest BCUT2D eigenvalue weighted by Crippen LogP contribution is -2.23. The van der Waals surface area contributed by atoms with Gasteiger partial charge >= 0.3 is 0 Å². The summed E-state index contributed by atoms with van der Waals surface area (Å²) in [4.78, 5) is 7.17. The number of likely N-dealkylation sites (tertiary alicyclic amines) is 1. The minimum Gasteiger partial charge on any atom is -0.330 e. The first kappa shape index (κ1) is 11.6. The van der Waals surface area contributed by atoms with Gasteiger partial charge in [0.05, 0.1) is 11.2 Å². The molecule has 2 heterocycles. The normalized spacial score (nSPS) is 20.6. The molecule has 2 aromatic rings. The third-order valence-electron chi connectivity index (χ3n) is 3.75. The van der Waals surface area contributed by atoms with Crippen molar-refractivity contribution in [3.8, 4) is 0 Å². The molecule has 0 radical (unpaired) electrons. The molecule has 0 spiro atoms. The number of fused-ring (bicyclic) bond motifs is 1. The number of para-hydroxylation sites is 1. The van der Waals surface area contributed by atoms with Gasteiger partial charge in [-0.05, 0) is 37.6 Å². The Labute approximate surface area is 108 Å². The van der Waals surface area contributed by atoms with Crippen molar-refractivity contribution in [1.29, 1.82) is 0 Å². The summed E-state index contributed by atoms with van der Waals surface area (Å²) in [5.74, 6) is 0.672. The lowest BCUT2D eigenvalue weighted by Gasteiger charge is -2.15. The first-order valence-electron chi connectivity index (χ1n) is 6.62. The van der Waals surface area contributed by atoms with Crippen LogP contribution in [0.2, 0.25) is 0 Å². The summed E-state index contributed by atoms with van der Waals surface area (Å²) in [5, 5.41) is 1.21. The Morgan fingerprint density at radius 3 is 2.94 bits per heavy atom. The largest absolute Gasteiger partial charge is 0.330 e. The van der Waals surface area contributed by atoms with Gasteiger partial charge in [0.1, 0.15) is 0 Å². The molecule has 0 saturated carbocycles. The van der Waals surface area contributed by atoms with Crippen molar-refractivity contribution in [2.24, 2.45) is 11.7 Å². The molecule has 3 rings (SSSR count). The fourth-order valence-electron chi connectivity index (χ4n) is 2.67. The maximum atomic E-state index is 5.72. The molecule has 0 bridgehead atoms. The number of benzene rings is 1. The molecule has 0 aliphatic carbocycles. The summed E-state index contributed by atoms with van der Waals surface area (Å²) in [6, 6.07) is 12.6. The lowest BCUT2D eigenvalue weighted by atomic mass is 10.1. The highest BCUT2D eigenvalue weighted by Gasteiger charge is 2.21. The molecule has 18 heavy (non-hydrogen) atoms. The van der Waals surface area contributed by atoms with E-state index in [2.05, 4.69) is 35.2 Å². The van der Waals surface area contributed by atoms with Crippen molar-refractivity contribution in [1.82, 2.24) is 9.88 Å². The first-order valence-corrected chi connectivity index (χ1v) is 6.62. The van der Waals surface area contributed by atoms with E-state index >= 15 is 0 Å². The topological polar surface area (TPSA) is 42.1 Å². The van der Waals surface area contributed by atoms with Crippen LogP contribution in [0.4, 0.5) is 0 Å². The summed E-state index contributed by atoms with van der Waals surface area (Å²) >= 11 is 0. The van der Waals surface area contributed by atoms with Crippen LogP contribution in [-0.4, -0.2) is 29.5 Å². The van der Waals surface area contributed by atoms with Crippen molar-refractivity contribution < 1.29 is 0 Å². The Hall–Kier alpha value is -1.45. The third kappa shape index (κ3) is 2.37. The van der Waals surface area contributed by atoms with Gasteiger partial charge in [-0.3, -0.25) is 9.88 Å². The van der Waals surface area contributed by atoms with Crippen LogP contribution in [-0.2, 0) is 6.54 Å². The van der Waals surface area contributed by atoms with Gasteiger partial charge in [-0.1, -0.05) is 24.3 Å². The van der Waals surface area contributed by atoms with Crippen LogP contribution in [0, 0.1) is 5.92 Å². The zero-order valence-corrected chi connectivity index (χ0v) is 10.5. The van der Waals surface area contributed by atoms with Crippen LogP contribution >= 0.6 is 0 Å². The first-order chi connectivity index (χ1) is 8.85. The summed E-state index contributed by atoms with van der Waals surface area (Å²) in [5.41, 5.74) is 7.97. The molecule has 1 aromatic carbocycles. The van der Waals surface area contributed by atoms with Crippen LogP contribution in [0.3, 0.4) is 0 Å². The van der Waals surface area contributed by atoms with Gasteiger partial charge in [0, 0.05) is 18.5 Å². The van der Waals surface area contributed by atoms with Crippen LogP contribution < -0.4 is 5.73 Å². The van der Waals surface area contributed by atoms with E-state index in [-0.39, 0.29) is 0 Å². The monoisotopic (exact) mass is 241 g/mol. The van der Waals surface area contributed by atoms with Crippen molar-refractivity contribution in [3.63, 3.8) is 0 Å². The van der Waals surface area contributed by atoms with Crippen LogP contribution in [0.25, 0.3) is 10.9 Å². The zero-order chi connectivity index (χ0) is 12.4. The van der Waals surface area contributed by atoms with Gasteiger partial charge in [-0.2, -0.15) is 0 Å². The number of nitrogens with two attached hydrogens (primary N) is 1. The Morgan fingerprint density at radius 2 is 2.11 bits per heavy atom. The Bertz CT molecular complexity index is 538. The van der Waals surface area contributed by atoms with E-state index in [0.717, 1.165) is 37.4 Å². The van der Waals surface area contributed by atoms with E-state index in [1.165, 1.54) is 11.8 Å². The second kappa shape index (κ2) is 5.04. The van der Waals surface area contributed by atoms with E-state index in [4.69, 9.17) is 10.7 Å². The third-order valence-corrected chi connectivity index (χ3v) is 3.75. The van der Waals surface area contributed by atoms with E-state index in [1.807, 2.05) is 6.07 Å². The number of pyridine rings is 1. The smallest absolute Gasteiger partial charge is 0.0705 e. The number of aromatic nitrogens is 1. The molecule has 3 heteroatoms. The molecule has 1 aliphatic heterocycles. The van der Waals surface area contributed by atoms with Gasteiger partial charge in [-0.25, -0.2) is 0 Å². The molecule has 0 amide bonds. The molecule has 94 valence electrons. The fraction of sp³-hybridized carbons (Fsp3) is 0.400. The Balaban J connectivity index is 1.75. The minimum atomic E-state index is 0.672. The molecule has 2 N–H and O–H groups in total. The highest BCUT2D eigenvalue weighted by molar-refractivity contribution is 5.78. The van der Waals surface area contributed by atoms with Crippen LogP contribution in [0.5, 0.6) is 0 Å². The van der Waals surface area contributed by atoms with E-state index in [1.54, 1.807) is 0 Å². The SMILES string of the molecule is NCC1CCN(Cc2ccc3ccccc3n2)C1. The van der Waals surface area contributed by atoms with Crippen LogP contribution in [0.1, 0.15) is 12.1 Å². The fourth-order valence-corrected chi connectivity index (χ4v) is 2.67. The number of rotatable bonds is 3. The zero-order valence-electron chi connectivity index (χ0n) is 10.5. The van der Waals surface area contributed by atoms with Crippen LogP contribution in [0.15, 0.2) is 36.4 Å². The Morgan fingerprint density at radius 1 is 1.22 bits per heavy atom. The van der Waals surface area contributed by atoms with E-state index in [9.17, 15) is 0 Å². The number of nitrogens with zero attached hydrogens (tertiary/aromatic N) is 2. The second-order valence-electron chi connectivity index (χ2n) is 5.12. The Kier molecular flexibility index (Phi) is 3.26. The highest BCUT2D eigenvalue weighted by Crippen LogP contribution is 2.18. The molecular weight excluding hydrogens is 222 g/mol. The molecule has 1 aliphatic rings.